The van der Waals surface area contributed by atoms with Crippen molar-refractivity contribution in [3.8, 4) is 0 Å². The Kier molecular flexibility index (Phi) is 7.22. The topological polar surface area (TPSA) is 41.1 Å². The van der Waals surface area contributed by atoms with Crippen LogP contribution in [0.15, 0.2) is 10.5 Å². The van der Waals surface area contributed by atoms with Crippen molar-refractivity contribution in [2.75, 3.05) is 6.54 Å². The number of hydrogen-bond acceptors (Lipinski definition) is 3. The highest BCUT2D eigenvalue weighted by molar-refractivity contribution is 9.10. The van der Waals surface area contributed by atoms with Gasteiger partial charge < -0.3 is 10.6 Å². The Balaban J connectivity index is 2.17. The minimum Gasteiger partial charge on any atom is -0.354 e. The van der Waals surface area contributed by atoms with Crippen molar-refractivity contribution in [3.05, 3.63) is 19.8 Å². The third kappa shape index (κ3) is 5.69. The molecule has 0 saturated heterocycles. The molecule has 18 heavy (non-hydrogen) atoms. The number of hydrogen-bond donors (Lipinski definition) is 2. The van der Waals surface area contributed by atoms with Gasteiger partial charge in [-0.1, -0.05) is 18.5 Å². The molecule has 0 fully saturated rings. The maximum atomic E-state index is 11.5. The second-order valence-corrected chi connectivity index (χ2v) is 6.73. The predicted octanol–water partition coefficient (Wildman–Crippen LogP) is 3.56. The van der Waals surface area contributed by atoms with E-state index in [1.165, 1.54) is 0 Å². The molecule has 1 aromatic rings. The van der Waals surface area contributed by atoms with Crippen LogP contribution in [0.3, 0.4) is 0 Å². The quantitative estimate of drug-likeness (QED) is 0.736. The van der Waals surface area contributed by atoms with Crippen LogP contribution in [0, 0.1) is 0 Å². The Morgan fingerprint density at radius 1 is 1.61 bits per heavy atom. The van der Waals surface area contributed by atoms with Crippen LogP contribution in [-0.4, -0.2) is 18.5 Å². The average molecular weight is 354 g/mol. The van der Waals surface area contributed by atoms with Crippen molar-refractivity contribution in [2.45, 2.75) is 39.3 Å². The number of amides is 1. The van der Waals surface area contributed by atoms with Crippen LogP contribution >= 0.6 is 38.9 Å². The normalized spacial score (nSPS) is 12.4. The van der Waals surface area contributed by atoms with Gasteiger partial charge in [-0.05, 0) is 35.3 Å². The van der Waals surface area contributed by atoms with Gasteiger partial charge in [0.25, 0.3) is 0 Å². The van der Waals surface area contributed by atoms with Crippen molar-refractivity contribution < 1.29 is 4.79 Å². The maximum absolute atomic E-state index is 11.5. The summed E-state index contributed by atoms with van der Waals surface area (Å²) in [5, 5.41) is 6.17. The molecule has 0 bridgehead atoms. The molecule has 0 aliphatic heterocycles. The molecule has 6 heteroatoms. The molecular formula is C12H18BrClN2OS. The number of rotatable bonds is 7. The molecular weight excluding hydrogens is 336 g/mol. The van der Waals surface area contributed by atoms with Gasteiger partial charge in [0.05, 0.1) is 0 Å². The summed E-state index contributed by atoms with van der Waals surface area (Å²) in [7, 11) is 0. The van der Waals surface area contributed by atoms with E-state index in [1.807, 2.05) is 13.0 Å². The van der Waals surface area contributed by atoms with Gasteiger partial charge in [-0.25, -0.2) is 0 Å². The first kappa shape index (κ1) is 16.0. The summed E-state index contributed by atoms with van der Waals surface area (Å²) in [6.07, 6.45) is 1.46. The Morgan fingerprint density at radius 2 is 2.33 bits per heavy atom. The van der Waals surface area contributed by atoms with E-state index in [-0.39, 0.29) is 11.9 Å². The van der Waals surface area contributed by atoms with Crippen molar-refractivity contribution in [2.24, 2.45) is 0 Å². The first-order valence-electron chi connectivity index (χ1n) is 5.96. The summed E-state index contributed by atoms with van der Waals surface area (Å²) in [6.45, 7) is 5.49. The van der Waals surface area contributed by atoms with Crippen molar-refractivity contribution in [1.29, 1.82) is 0 Å². The lowest BCUT2D eigenvalue weighted by Gasteiger charge is -2.11. The molecule has 1 atom stereocenters. The van der Waals surface area contributed by atoms with Crippen LogP contribution in [-0.2, 0) is 11.3 Å². The Labute approximate surface area is 125 Å². The van der Waals surface area contributed by atoms with Gasteiger partial charge >= 0.3 is 0 Å². The zero-order valence-electron chi connectivity index (χ0n) is 10.6. The number of nitrogens with one attached hydrogen (secondary N) is 2. The van der Waals surface area contributed by atoms with E-state index in [4.69, 9.17) is 11.6 Å². The van der Waals surface area contributed by atoms with E-state index in [9.17, 15) is 4.79 Å². The lowest BCUT2D eigenvalue weighted by atomic mass is 10.2. The molecule has 0 aliphatic rings. The molecule has 1 rings (SSSR count). The molecule has 1 heterocycles. The number of halogens is 2. The van der Waals surface area contributed by atoms with Gasteiger partial charge in [-0.3, -0.25) is 4.79 Å². The van der Waals surface area contributed by atoms with Crippen molar-refractivity contribution >= 4 is 44.8 Å². The van der Waals surface area contributed by atoms with E-state index in [0.29, 0.717) is 13.0 Å². The Hall–Kier alpha value is -0.100. The molecule has 1 aromatic heterocycles. The van der Waals surface area contributed by atoms with E-state index in [2.05, 4.69) is 33.5 Å². The predicted molar refractivity (Wildman–Crippen MR) is 81.2 cm³/mol. The highest BCUT2D eigenvalue weighted by atomic mass is 79.9. The summed E-state index contributed by atoms with van der Waals surface area (Å²) in [4.78, 5) is 12.7. The van der Waals surface area contributed by atoms with Crippen molar-refractivity contribution in [3.63, 3.8) is 0 Å². The first-order chi connectivity index (χ1) is 8.52. The largest absolute Gasteiger partial charge is 0.354 e. The lowest BCUT2D eigenvalue weighted by molar-refractivity contribution is -0.121. The fourth-order valence-electron chi connectivity index (χ4n) is 1.34. The molecule has 0 aromatic carbocycles. The van der Waals surface area contributed by atoms with Crippen LogP contribution < -0.4 is 10.6 Å². The van der Waals surface area contributed by atoms with Gasteiger partial charge in [-0.2, -0.15) is 0 Å². The van der Waals surface area contributed by atoms with Crippen LogP contribution in [0.2, 0.25) is 4.34 Å². The molecule has 0 radical (unpaired) electrons. The molecule has 3 nitrogen and oxygen atoms in total. The highest BCUT2D eigenvalue weighted by Gasteiger charge is 2.06. The van der Waals surface area contributed by atoms with E-state index >= 15 is 0 Å². The monoisotopic (exact) mass is 352 g/mol. The summed E-state index contributed by atoms with van der Waals surface area (Å²) in [6, 6.07) is 2.25. The second-order valence-electron chi connectivity index (χ2n) is 4.14. The van der Waals surface area contributed by atoms with Crippen LogP contribution in [0.5, 0.6) is 0 Å². The van der Waals surface area contributed by atoms with Crippen LogP contribution in [0.25, 0.3) is 0 Å². The highest BCUT2D eigenvalue weighted by Crippen LogP contribution is 2.31. The van der Waals surface area contributed by atoms with Gasteiger partial charge in [0.1, 0.15) is 4.34 Å². The smallest absolute Gasteiger partial charge is 0.221 e. The maximum Gasteiger partial charge on any atom is 0.221 e. The third-order valence-corrected chi connectivity index (χ3v) is 5.02. The average Bonchev–Trinajstić information content (AvgIpc) is 2.64. The summed E-state index contributed by atoms with van der Waals surface area (Å²) in [5.74, 6) is 0.0993. The number of carbonyl (C=O) groups is 1. The molecule has 2 N–H and O–H groups in total. The molecule has 1 amide bonds. The lowest BCUT2D eigenvalue weighted by Crippen LogP contribution is -2.33. The Bertz CT molecular complexity index is 378. The minimum absolute atomic E-state index is 0.0993. The summed E-state index contributed by atoms with van der Waals surface area (Å²) >= 11 is 10.9. The molecule has 0 spiro atoms. The van der Waals surface area contributed by atoms with E-state index in [1.54, 1.807) is 11.3 Å². The standard InChI is InChI=1S/C12H18BrClN2OS/c1-3-8(2)16-11(17)4-5-15-7-9-6-10(13)12(14)18-9/h6,8,15H,3-5,7H2,1-2H3,(H,16,17). The first-order valence-corrected chi connectivity index (χ1v) is 7.95. The van der Waals surface area contributed by atoms with Gasteiger partial charge in [-0.15, -0.1) is 11.3 Å². The van der Waals surface area contributed by atoms with Crippen LogP contribution in [0.4, 0.5) is 0 Å². The van der Waals surface area contributed by atoms with Gasteiger partial charge in [0.15, 0.2) is 0 Å². The third-order valence-electron chi connectivity index (χ3n) is 2.54. The van der Waals surface area contributed by atoms with E-state index in [0.717, 1.165) is 26.7 Å². The van der Waals surface area contributed by atoms with Crippen molar-refractivity contribution in [1.82, 2.24) is 10.6 Å². The molecule has 1 unspecified atom stereocenters. The fraction of sp³-hybridized carbons (Fsp3) is 0.583. The van der Waals surface area contributed by atoms with E-state index < -0.39 is 0 Å². The second kappa shape index (κ2) is 8.15. The number of thiophene rings is 1. The molecule has 102 valence electrons. The zero-order valence-corrected chi connectivity index (χ0v) is 13.7. The summed E-state index contributed by atoms with van der Waals surface area (Å²) < 4.78 is 1.70. The SMILES string of the molecule is CCC(C)NC(=O)CCNCc1cc(Br)c(Cl)s1. The Morgan fingerprint density at radius 3 is 2.89 bits per heavy atom. The van der Waals surface area contributed by atoms with Crippen LogP contribution in [0.1, 0.15) is 31.6 Å². The number of carbonyl (C=O) groups excluding carboxylic acids is 1. The minimum atomic E-state index is 0.0993. The van der Waals surface area contributed by atoms with Gasteiger partial charge in [0, 0.05) is 34.9 Å². The molecule has 0 aliphatic carbocycles. The van der Waals surface area contributed by atoms with Gasteiger partial charge in [0.2, 0.25) is 5.91 Å². The molecule has 0 saturated carbocycles. The summed E-state index contributed by atoms with van der Waals surface area (Å²) in [5.41, 5.74) is 0. The fourth-order valence-corrected chi connectivity index (χ4v) is 3.10. The zero-order chi connectivity index (χ0) is 13.5.